The number of nitrogens with zero attached hydrogens (tertiary/aromatic N) is 2. The highest BCUT2D eigenvalue weighted by molar-refractivity contribution is 7.99. The fraction of sp³-hybridized carbons (Fsp3) is 0.176. The maximum atomic E-state index is 12.6. The predicted octanol–water partition coefficient (Wildman–Crippen LogP) is 4.50. The van der Waals surface area contributed by atoms with Gasteiger partial charge in [0.2, 0.25) is 0 Å². The van der Waals surface area contributed by atoms with Gasteiger partial charge in [-0.25, -0.2) is 4.98 Å². The lowest BCUT2D eigenvalue weighted by Crippen LogP contribution is -2.22. The average Bonchev–Trinajstić information content (AvgIpc) is 3.00. The van der Waals surface area contributed by atoms with Crippen molar-refractivity contribution in [2.24, 2.45) is 0 Å². The second kappa shape index (κ2) is 6.50. The molecule has 2 heterocycles. The summed E-state index contributed by atoms with van der Waals surface area (Å²) in [4.78, 5) is 18.1. The Hall–Kier alpha value is -1.85. The molecule has 3 aromatic rings. The van der Waals surface area contributed by atoms with Crippen LogP contribution in [-0.2, 0) is 6.54 Å². The normalized spacial score (nSPS) is 12.4. The molecular formula is C17H16N2OS2. The van der Waals surface area contributed by atoms with E-state index in [1.54, 1.807) is 22.4 Å². The standard InChI is InChI=1S/C17H16N2OS2/c1-3-10-19-16(20)14-9-11-21-15(14)18-17(19)22-12(2)13-7-5-4-6-8-13/h3-9,11-12H,1,10H2,2H3. The molecule has 0 bridgehead atoms. The van der Waals surface area contributed by atoms with Gasteiger partial charge in [0.05, 0.1) is 5.39 Å². The quantitative estimate of drug-likeness (QED) is 0.393. The summed E-state index contributed by atoms with van der Waals surface area (Å²) in [5.41, 5.74) is 1.23. The molecule has 0 saturated heterocycles. The van der Waals surface area contributed by atoms with Crippen molar-refractivity contribution in [1.82, 2.24) is 9.55 Å². The van der Waals surface area contributed by atoms with E-state index in [0.29, 0.717) is 11.9 Å². The van der Waals surface area contributed by atoms with E-state index in [1.807, 2.05) is 29.6 Å². The monoisotopic (exact) mass is 328 g/mol. The van der Waals surface area contributed by atoms with E-state index in [-0.39, 0.29) is 10.8 Å². The number of rotatable bonds is 5. The maximum Gasteiger partial charge on any atom is 0.263 e. The second-order valence-corrected chi connectivity index (χ2v) is 7.11. The summed E-state index contributed by atoms with van der Waals surface area (Å²) >= 11 is 3.11. The molecule has 112 valence electrons. The molecule has 0 aliphatic heterocycles. The van der Waals surface area contributed by atoms with Crippen LogP contribution >= 0.6 is 23.1 Å². The minimum atomic E-state index is 0.00825. The Morgan fingerprint density at radius 1 is 1.36 bits per heavy atom. The average molecular weight is 328 g/mol. The van der Waals surface area contributed by atoms with E-state index in [1.165, 1.54) is 16.9 Å². The molecule has 0 saturated carbocycles. The van der Waals surface area contributed by atoms with Crippen molar-refractivity contribution in [3.8, 4) is 0 Å². The van der Waals surface area contributed by atoms with Crippen LogP contribution in [0.5, 0.6) is 0 Å². The highest BCUT2D eigenvalue weighted by atomic mass is 32.2. The number of hydrogen-bond acceptors (Lipinski definition) is 4. The van der Waals surface area contributed by atoms with Crippen LogP contribution in [0, 0.1) is 0 Å². The third kappa shape index (κ3) is 2.87. The van der Waals surface area contributed by atoms with Crippen molar-refractivity contribution in [3.63, 3.8) is 0 Å². The summed E-state index contributed by atoms with van der Waals surface area (Å²) < 4.78 is 1.70. The van der Waals surface area contributed by atoms with E-state index in [2.05, 4.69) is 30.6 Å². The van der Waals surface area contributed by atoms with E-state index >= 15 is 0 Å². The number of benzene rings is 1. The molecule has 0 fully saturated rings. The van der Waals surface area contributed by atoms with Crippen LogP contribution in [0.2, 0.25) is 0 Å². The predicted molar refractivity (Wildman–Crippen MR) is 94.8 cm³/mol. The molecule has 0 amide bonds. The van der Waals surface area contributed by atoms with Crippen LogP contribution in [0.4, 0.5) is 0 Å². The Morgan fingerprint density at radius 3 is 2.86 bits per heavy atom. The van der Waals surface area contributed by atoms with Crippen molar-refractivity contribution in [3.05, 3.63) is 70.4 Å². The lowest BCUT2D eigenvalue weighted by Gasteiger charge is -2.14. The number of thiophene rings is 1. The van der Waals surface area contributed by atoms with E-state index in [4.69, 9.17) is 0 Å². The van der Waals surface area contributed by atoms with Crippen molar-refractivity contribution in [1.29, 1.82) is 0 Å². The maximum absolute atomic E-state index is 12.6. The van der Waals surface area contributed by atoms with Crippen molar-refractivity contribution < 1.29 is 0 Å². The zero-order valence-corrected chi connectivity index (χ0v) is 13.9. The van der Waals surface area contributed by atoms with Crippen molar-refractivity contribution >= 4 is 33.3 Å². The van der Waals surface area contributed by atoms with E-state index in [0.717, 1.165) is 9.99 Å². The highest BCUT2D eigenvalue weighted by Crippen LogP contribution is 2.34. The summed E-state index contributed by atoms with van der Waals surface area (Å²) in [6, 6.07) is 12.1. The SMILES string of the molecule is C=CCn1c(SC(C)c2ccccc2)nc2sccc2c1=O. The molecule has 0 spiro atoms. The minimum absolute atomic E-state index is 0.00825. The van der Waals surface area contributed by atoms with Gasteiger partial charge in [0.1, 0.15) is 4.83 Å². The van der Waals surface area contributed by atoms with Crippen LogP contribution in [0.1, 0.15) is 17.7 Å². The molecule has 5 heteroatoms. The smallest absolute Gasteiger partial charge is 0.263 e. The summed E-state index contributed by atoms with van der Waals surface area (Å²) in [7, 11) is 0. The lowest BCUT2D eigenvalue weighted by molar-refractivity contribution is 0.671. The number of allylic oxidation sites excluding steroid dienone is 1. The zero-order valence-electron chi connectivity index (χ0n) is 12.2. The lowest BCUT2D eigenvalue weighted by atomic mass is 10.2. The van der Waals surface area contributed by atoms with Gasteiger partial charge in [-0.05, 0) is 23.9 Å². The largest absolute Gasteiger partial charge is 0.283 e. The number of thioether (sulfide) groups is 1. The Labute approximate surface area is 137 Å². The second-order valence-electron chi connectivity index (χ2n) is 4.91. The molecule has 0 aliphatic carbocycles. The molecule has 3 rings (SSSR count). The van der Waals surface area contributed by atoms with Crippen LogP contribution in [0.25, 0.3) is 10.2 Å². The summed E-state index contributed by atoms with van der Waals surface area (Å²) in [6.07, 6.45) is 1.73. The van der Waals surface area contributed by atoms with Gasteiger partial charge in [-0.1, -0.05) is 48.2 Å². The first kappa shape index (κ1) is 15.1. The van der Waals surface area contributed by atoms with Gasteiger partial charge in [0.25, 0.3) is 5.56 Å². The van der Waals surface area contributed by atoms with Gasteiger partial charge in [-0.15, -0.1) is 17.9 Å². The highest BCUT2D eigenvalue weighted by Gasteiger charge is 2.15. The van der Waals surface area contributed by atoms with Gasteiger partial charge >= 0.3 is 0 Å². The Bertz CT molecular complexity index is 852. The summed E-state index contributed by atoms with van der Waals surface area (Å²) in [6.45, 7) is 6.35. The molecule has 0 radical (unpaired) electrons. The number of hydrogen-bond donors (Lipinski definition) is 0. The van der Waals surface area contributed by atoms with Gasteiger partial charge in [-0.3, -0.25) is 9.36 Å². The van der Waals surface area contributed by atoms with Gasteiger partial charge in [0, 0.05) is 11.8 Å². The van der Waals surface area contributed by atoms with Crippen LogP contribution in [-0.4, -0.2) is 9.55 Å². The zero-order chi connectivity index (χ0) is 15.5. The first-order chi connectivity index (χ1) is 10.7. The number of aromatic nitrogens is 2. The topological polar surface area (TPSA) is 34.9 Å². The summed E-state index contributed by atoms with van der Waals surface area (Å²) in [5.74, 6) is 0. The van der Waals surface area contributed by atoms with Crippen LogP contribution < -0.4 is 5.56 Å². The van der Waals surface area contributed by atoms with Crippen molar-refractivity contribution in [2.75, 3.05) is 0 Å². The molecule has 2 aromatic heterocycles. The third-order valence-corrected chi connectivity index (χ3v) is 5.37. The fourth-order valence-corrected chi connectivity index (χ4v) is 4.11. The first-order valence-corrected chi connectivity index (χ1v) is 8.77. The molecule has 3 nitrogen and oxygen atoms in total. The molecule has 1 atom stereocenters. The first-order valence-electron chi connectivity index (χ1n) is 7.01. The van der Waals surface area contributed by atoms with Crippen LogP contribution in [0.15, 0.2) is 64.4 Å². The molecule has 22 heavy (non-hydrogen) atoms. The van der Waals surface area contributed by atoms with Gasteiger partial charge < -0.3 is 0 Å². The molecule has 0 aliphatic rings. The molecule has 0 N–H and O–H groups in total. The minimum Gasteiger partial charge on any atom is -0.283 e. The Balaban J connectivity index is 2.03. The van der Waals surface area contributed by atoms with E-state index < -0.39 is 0 Å². The van der Waals surface area contributed by atoms with Crippen LogP contribution in [0.3, 0.4) is 0 Å². The van der Waals surface area contributed by atoms with E-state index in [9.17, 15) is 4.79 Å². The van der Waals surface area contributed by atoms with Gasteiger partial charge in [-0.2, -0.15) is 0 Å². The molecular weight excluding hydrogens is 312 g/mol. The number of fused-ring (bicyclic) bond motifs is 1. The third-order valence-electron chi connectivity index (χ3n) is 3.41. The Morgan fingerprint density at radius 2 is 2.14 bits per heavy atom. The molecule has 1 aromatic carbocycles. The summed E-state index contributed by atoms with van der Waals surface area (Å²) in [5, 5.41) is 3.56. The Kier molecular flexibility index (Phi) is 4.45. The van der Waals surface area contributed by atoms with Gasteiger partial charge in [0.15, 0.2) is 5.16 Å². The van der Waals surface area contributed by atoms with Crippen molar-refractivity contribution in [2.45, 2.75) is 23.9 Å². The fourth-order valence-electron chi connectivity index (χ4n) is 2.26. The molecule has 1 unspecified atom stereocenters.